The molecule has 0 saturated carbocycles. The van der Waals surface area contributed by atoms with E-state index < -0.39 is 0 Å². The van der Waals surface area contributed by atoms with Crippen LogP contribution in [0, 0.1) is 0 Å². The van der Waals surface area contributed by atoms with E-state index in [9.17, 15) is 0 Å². The van der Waals surface area contributed by atoms with Crippen molar-refractivity contribution >= 4 is 41.3 Å². The number of nitrogens with one attached hydrogen (secondary N) is 2. The minimum absolute atomic E-state index is 0. The van der Waals surface area contributed by atoms with E-state index in [1.807, 2.05) is 16.9 Å². The summed E-state index contributed by atoms with van der Waals surface area (Å²) in [4.78, 5) is 5.56. The van der Waals surface area contributed by atoms with E-state index in [4.69, 9.17) is 0 Å². The highest BCUT2D eigenvalue weighted by atomic mass is 127. The molecule has 0 amide bonds. The van der Waals surface area contributed by atoms with Gasteiger partial charge in [-0.05, 0) is 28.6 Å². The molecule has 0 bridgehead atoms. The molecule has 3 rings (SSSR count). The summed E-state index contributed by atoms with van der Waals surface area (Å²) in [5.74, 6) is 0.806. The topological polar surface area (TPSA) is 54.2 Å². The molecule has 3 aromatic rings. The molecule has 132 valence electrons. The first-order valence-corrected chi connectivity index (χ1v) is 8.73. The normalized spacial score (nSPS) is 11.0. The molecule has 0 saturated heterocycles. The van der Waals surface area contributed by atoms with Gasteiger partial charge < -0.3 is 10.6 Å². The van der Waals surface area contributed by atoms with Crippen LogP contribution in [0.4, 0.5) is 0 Å². The first kappa shape index (κ1) is 19.5. The summed E-state index contributed by atoms with van der Waals surface area (Å²) in [6, 6.07) is 14.6. The fourth-order valence-electron chi connectivity index (χ4n) is 2.41. The van der Waals surface area contributed by atoms with E-state index in [2.05, 4.69) is 62.5 Å². The predicted molar refractivity (Wildman–Crippen MR) is 115 cm³/mol. The molecular weight excluding hydrogens is 445 g/mol. The predicted octanol–water partition coefficient (Wildman–Crippen LogP) is 3.48. The Morgan fingerprint density at radius 2 is 1.96 bits per heavy atom. The molecular formula is C18H22IN5S. The minimum Gasteiger partial charge on any atom is -0.352 e. The number of nitrogens with zero attached hydrogens (tertiary/aromatic N) is 3. The molecule has 0 aliphatic carbocycles. The van der Waals surface area contributed by atoms with Gasteiger partial charge in [-0.15, -0.1) is 35.3 Å². The number of aliphatic imine (C=N–C) groups is 1. The molecule has 0 spiro atoms. The second-order valence-electron chi connectivity index (χ2n) is 5.38. The second-order valence-corrected chi connectivity index (χ2v) is 6.41. The summed E-state index contributed by atoms with van der Waals surface area (Å²) in [7, 11) is 1.79. The summed E-state index contributed by atoms with van der Waals surface area (Å²) < 4.78 is 1.92. The van der Waals surface area contributed by atoms with Gasteiger partial charge in [-0.1, -0.05) is 30.3 Å². The van der Waals surface area contributed by atoms with Gasteiger partial charge in [-0.3, -0.25) is 9.67 Å². The number of thiophene rings is 1. The fraction of sp³-hybridized carbons (Fsp3) is 0.222. The molecule has 0 aliphatic heterocycles. The molecule has 0 radical (unpaired) electrons. The highest BCUT2D eigenvalue weighted by molar-refractivity contribution is 14.0. The monoisotopic (exact) mass is 467 g/mol. The molecule has 25 heavy (non-hydrogen) atoms. The number of guanidine groups is 1. The highest BCUT2D eigenvalue weighted by Crippen LogP contribution is 2.08. The van der Waals surface area contributed by atoms with Gasteiger partial charge in [0.05, 0.1) is 13.1 Å². The molecule has 0 unspecified atom stereocenters. The highest BCUT2D eigenvalue weighted by Gasteiger charge is 2.01. The maximum Gasteiger partial charge on any atom is 0.191 e. The van der Waals surface area contributed by atoms with Crippen LogP contribution < -0.4 is 10.6 Å². The van der Waals surface area contributed by atoms with Crippen LogP contribution >= 0.6 is 35.3 Å². The lowest BCUT2D eigenvalue weighted by atomic mass is 10.1. The summed E-state index contributed by atoms with van der Waals surface area (Å²) in [6.45, 7) is 2.31. The van der Waals surface area contributed by atoms with Crippen LogP contribution in [0.15, 0.2) is 65.2 Å². The van der Waals surface area contributed by atoms with Crippen molar-refractivity contribution in [1.29, 1.82) is 0 Å². The van der Waals surface area contributed by atoms with Crippen molar-refractivity contribution in [2.24, 2.45) is 4.99 Å². The average Bonchev–Trinajstić information content (AvgIpc) is 3.29. The van der Waals surface area contributed by atoms with E-state index in [1.165, 1.54) is 16.0 Å². The van der Waals surface area contributed by atoms with Crippen LogP contribution in [0.3, 0.4) is 0 Å². The number of hydrogen-bond donors (Lipinski definition) is 2. The van der Waals surface area contributed by atoms with Crippen LogP contribution in [-0.4, -0.2) is 22.8 Å². The van der Waals surface area contributed by atoms with E-state index in [0.717, 1.165) is 25.6 Å². The maximum atomic E-state index is 4.27. The smallest absolute Gasteiger partial charge is 0.191 e. The third kappa shape index (κ3) is 6.17. The number of benzene rings is 1. The maximum absolute atomic E-state index is 4.27. The summed E-state index contributed by atoms with van der Waals surface area (Å²) >= 11 is 1.74. The third-order valence-electron chi connectivity index (χ3n) is 3.59. The third-order valence-corrected chi connectivity index (χ3v) is 4.47. The Balaban J connectivity index is 0.00000225. The van der Waals surface area contributed by atoms with Gasteiger partial charge in [-0.2, -0.15) is 5.10 Å². The van der Waals surface area contributed by atoms with Crippen LogP contribution in [-0.2, 0) is 19.6 Å². The van der Waals surface area contributed by atoms with Gasteiger partial charge in [0.15, 0.2) is 5.96 Å². The molecule has 2 N–H and O–H groups in total. The molecule has 1 aromatic carbocycles. The lowest BCUT2D eigenvalue weighted by Gasteiger charge is -2.12. The van der Waals surface area contributed by atoms with Gasteiger partial charge in [0.2, 0.25) is 0 Å². The van der Waals surface area contributed by atoms with Gasteiger partial charge in [0, 0.05) is 30.9 Å². The van der Waals surface area contributed by atoms with Crippen molar-refractivity contribution in [3.63, 3.8) is 0 Å². The molecule has 5 nitrogen and oxygen atoms in total. The van der Waals surface area contributed by atoms with Crippen LogP contribution in [0.25, 0.3) is 0 Å². The standard InChI is InChI=1S/C18H21N5S.HI/c1-19-18(21-13-17-7-3-10-24-17)20-12-15-5-2-6-16(11-15)14-23-9-4-8-22-23;/h2-11H,12-14H2,1H3,(H2,19,20,21);1H. The van der Waals surface area contributed by atoms with Crippen molar-refractivity contribution in [3.8, 4) is 0 Å². The van der Waals surface area contributed by atoms with Gasteiger partial charge in [-0.25, -0.2) is 0 Å². The molecule has 0 fully saturated rings. The lowest BCUT2D eigenvalue weighted by Crippen LogP contribution is -2.36. The fourth-order valence-corrected chi connectivity index (χ4v) is 3.05. The number of halogens is 1. The van der Waals surface area contributed by atoms with Crippen molar-refractivity contribution in [3.05, 3.63) is 76.2 Å². The van der Waals surface area contributed by atoms with Crippen LogP contribution in [0.2, 0.25) is 0 Å². The number of rotatable bonds is 6. The summed E-state index contributed by atoms with van der Waals surface area (Å²) in [5.41, 5.74) is 2.46. The van der Waals surface area contributed by atoms with Gasteiger partial charge in [0.1, 0.15) is 0 Å². The lowest BCUT2D eigenvalue weighted by molar-refractivity contribution is 0.685. The number of aromatic nitrogens is 2. The Hall–Kier alpha value is -1.87. The Kier molecular flexibility index (Phi) is 7.93. The Morgan fingerprint density at radius 1 is 1.12 bits per heavy atom. The largest absolute Gasteiger partial charge is 0.352 e. The Labute approximate surface area is 169 Å². The van der Waals surface area contributed by atoms with Crippen molar-refractivity contribution in [2.45, 2.75) is 19.6 Å². The van der Waals surface area contributed by atoms with Crippen molar-refractivity contribution < 1.29 is 0 Å². The second kappa shape index (κ2) is 10.2. The van der Waals surface area contributed by atoms with E-state index in [-0.39, 0.29) is 24.0 Å². The molecule has 0 aliphatic rings. The molecule has 2 heterocycles. The summed E-state index contributed by atoms with van der Waals surface area (Å²) in [6.07, 6.45) is 3.77. The zero-order chi connectivity index (χ0) is 16.6. The quantitative estimate of drug-likeness (QED) is 0.332. The van der Waals surface area contributed by atoms with Crippen LogP contribution in [0.5, 0.6) is 0 Å². The molecule has 7 heteroatoms. The first-order valence-electron chi connectivity index (χ1n) is 7.85. The SMILES string of the molecule is CN=C(NCc1cccc(Cn2cccn2)c1)NCc1cccs1.I. The minimum atomic E-state index is 0. The first-order chi connectivity index (χ1) is 11.8. The van der Waals surface area contributed by atoms with E-state index in [0.29, 0.717) is 0 Å². The van der Waals surface area contributed by atoms with Crippen LogP contribution in [0.1, 0.15) is 16.0 Å². The zero-order valence-electron chi connectivity index (χ0n) is 14.1. The van der Waals surface area contributed by atoms with Crippen molar-refractivity contribution in [1.82, 2.24) is 20.4 Å². The van der Waals surface area contributed by atoms with E-state index in [1.54, 1.807) is 24.6 Å². The van der Waals surface area contributed by atoms with Gasteiger partial charge >= 0.3 is 0 Å². The van der Waals surface area contributed by atoms with Crippen molar-refractivity contribution in [2.75, 3.05) is 7.05 Å². The number of hydrogen-bond acceptors (Lipinski definition) is 3. The Bertz CT molecular complexity index is 769. The molecule has 0 atom stereocenters. The molecule has 2 aromatic heterocycles. The van der Waals surface area contributed by atoms with E-state index >= 15 is 0 Å². The zero-order valence-corrected chi connectivity index (χ0v) is 17.2. The average molecular weight is 467 g/mol. The Morgan fingerprint density at radius 3 is 2.68 bits per heavy atom. The summed E-state index contributed by atoms with van der Waals surface area (Å²) in [5, 5.41) is 13.0. The van der Waals surface area contributed by atoms with Gasteiger partial charge in [0.25, 0.3) is 0 Å².